The Kier molecular flexibility index (Phi) is 5.04. The predicted octanol–water partition coefficient (Wildman–Crippen LogP) is 2.62. The van der Waals surface area contributed by atoms with Gasteiger partial charge in [0.2, 0.25) is 11.8 Å². The molecule has 0 aliphatic carbocycles. The lowest BCUT2D eigenvalue weighted by Crippen LogP contribution is -2.45. The molecule has 0 aromatic carbocycles. The number of ether oxygens (including phenoxy) is 1. The van der Waals surface area contributed by atoms with Crippen molar-refractivity contribution in [1.82, 2.24) is 15.3 Å². The van der Waals surface area contributed by atoms with Crippen LogP contribution in [0.5, 0.6) is 5.88 Å². The first-order valence-electron chi connectivity index (χ1n) is 7.86. The van der Waals surface area contributed by atoms with Crippen LogP contribution in [-0.4, -0.2) is 40.7 Å². The monoisotopic (exact) mass is 292 g/mol. The number of nitrogens with zero attached hydrogens (tertiary/aromatic N) is 3. The zero-order chi connectivity index (χ0) is 15.5. The van der Waals surface area contributed by atoms with Crippen molar-refractivity contribution < 1.29 is 4.74 Å². The van der Waals surface area contributed by atoms with Crippen molar-refractivity contribution in [2.45, 2.75) is 65.1 Å². The highest BCUT2D eigenvalue weighted by Gasteiger charge is 2.27. The molecule has 21 heavy (non-hydrogen) atoms. The minimum absolute atomic E-state index is 0.129. The van der Waals surface area contributed by atoms with E-state index in [1.165, 1.54) is 12.8 Å². The predicted molar refractivity (Wildman–Crippen MR) is 85.9 cm³/mol. The van der Waals surface area contributed by atoms with Crippen LogP contribution >= 0.6 is 0 Å². The van der Waals surface area contributed by atoms with Gasteiger partial charge in [0.15, 0.2) is 0 Å². The van der Waals surface area contributed by atoms with Gasteiger partial charge in [-0.05, 0) is 47.5 Å². The smallest absolute Gasteiger partial charge is 0.228 e. The van der Waals surface area contributed by atoms with Crippen LogP contribution < -0.4 is 15.0 Å². The maximum atomic E-state index is 5.67. The minimum atomic E-state index is 0.129. The molecule has 0 saturated carbocycles. The Morgan fingerprint density at radius 1 is 1.43 bits per heavy atom. The molecule has 1 aromatic heterocycles. The number of hydrogen-bond acceptors (Lipinski definition) is 5. The van der Waals surface area contributed by atoms with E-state index in [1.54, 1.807) is 6.20 Å². The fourth-order valence-electron chi connectivity index (χ4n) is 2.51. The Balaban J connectivity index is 2.05. The molecule has 2 rings (SSSR count). The molecule has 0 bridgehead atoms. The zero-order valence-electron chi connectivity index (χ0n) is 13.9. The molecule has 1 N–H and O–H groups in total. The molecule has 5 heteroatoms. The van der Waals surface area contributed by atoms with Crippen molar-refractivity contribution in [1.29, 1.82) is 0 Å². The van der Waals surface area contributed by atoms with E-state index < -0.39 is 0 Å². The SMILES string of the molecule is CC(C)Oc1ccnc(N2CCCC2CNC(C)(C)C)n1. The van der Waals surface area contributed by atoms with Crippen molar-refractivity contribution in [3.8, 4) is 5.88 Å². The summed E-state index contributed by atoms with van der Waals surface area (Å²) in [6.07, 6.45) is 4.29. The van der Waals surface area contributed by atoms with Gasteiger partial charge in [0.05, 0.1) is 6.10 Å². The van der Waals surface area contributed by atoms with Gasteiger partial charge in [0.1, 0.15) is 0 Å². The quantitative estimate of drug-likeness (QED) is 0.904. The van der Waals surface area contributed by atoms with E-state index in [0.29, 0.717) is 11.9 Å². The summed E-state index contributed by atoms with van der Waals surface area (Å²) in [6.45, 7) is 12.6. The van der Waals surface area contributed by atoms with Crippen LogP contribution in [0.4, 0.5) is 5.95 Å². The molecule has 1 saturated heterocycles. The molecular weight excluding hydrogens is 264 g/mol. The van der Waals surface area contributed by atoms with Gasteiger partial charge < -0.3 is 15.0 Å². The molecule has 118 valence electrons. The van der Waals surface area contributed by atoms with Crippen LogP contribution in [0.2, 0.25) is 0 Å². The molecule has 1 aliphatic rings. The number of hydrogen-bond donors (Lipinski definition) is 1. The first-order chi connectivity index (χ1) is 9.85. The number of nitrogens with one attached hydrogen (secondary N) is 1. The van der Waals surface area contributed by atoms with E-state index in [9.17, 15) is 0 Å². The van der Waals surface area contributed by atoms with E-state index in [1.807, 2.05) is 19.9 Å². The van der Waals surface area contributed by atoms with Crippen LogP contribution in [-0.2, 0) is 0 Å². The fraction of sp³-hybridized carbons (Fsp3) is 0.750. The topological polar surface area (TPSA) is 50.3 Å². The molecule has 1 aromatic rings. The van der Waals surface area contributed by atoms with E-state index in [4.69, 9.17) is 4.74 Å². The highest BCUT2D eigenvalue weighted by molar-refractivity contribution is 5.35. The largest absolute Gasteiger partial charge is 0.475 e. The molecule has 1 aliphatic heterocycles. The lowest BCUT2D eigenvalue weighted by molar-refractivity contribution is 0.232. The van der Waals surface area contributed by atoms with Crippen LogP contribution in [0.25, 0.3) is 0 Å². The minimum Gasteiger partial charge on any atom is -0.475 e. The molecule has 0 radical (unpaired) electrons. The summed E-state index contributed by atoms with van der Waals surface area (Å²) >= 11 is 0. The van der Waals surface area contributed by atoms with Gasteiger partial charge in [-0.2, -0.15) is 4.98 Å². The first-order valence-corrected chi connectivity index (χ1v) is 7.86. The van der Waals surface area contributed by atoms with Crippen molar-refractivity contribution in [3.63, 3.8) is 0 Å². The summed E-state index contributed by atoms with van der Waals surface area (Å²) in [5.41, 5.74) is 0.137. The highest BCUT2D eigenvalue weighted by Crippen LogP contribution is 2.24. The molecule has 1 atom stereocenters. The second-order valence-corrected chi connectivity index (χ2v) is 6.98. The van der Waals surface area contributed by atoms with E-state index >= 15 is 0 Å². The Hall–Kier alpha value is -1.36. The Morgan fingerprint density at radius 2 is 2.19 bits per heavy atom. The third-order valence-electron chi connectivity index (χ3n) is 3.48. The molecule has 0 amide bonds. The number of rotatable bonds is 5. The summed E-state index contributed by atoms with van der Waals surface area (Å²) in [4.78, 5) is 11.3. The van der Waals surface area contributed by atoms with Gasteiger partial charge in [-0.15, -0.1) is 0 Å². The van der Waals surface area contributed by atoms with E-state index in [2.05, 4.69) is 41.0 Å². The first kappa shape index (κ1) is 16.0. The van der Waals surface area contributed by atoms with Gasteiger partial charge >= 0.3 is 0 Å². The summed E-state index contributed by atoms with van der Waals surface area (Å²) in [5.74, 6) is 1.44. The maximum absolute atomic E-state index is 5.67. The normalized spacial score (nSPS) is 19.3. The van der Waals surface area contributed by atoms with Gasteiger partial charge in [0, 0.05) is 36.9 Å². The Bertz CT molecular complexity index is 456. The van der Waals surface area contributed by atoms with Crippen molar-refractivity contribution in [2.75, 3.05) is 18.0 Å². The van der Waals surface area contributed by atoms with Crippen LogP contribution in [0.3, 0.4) is 0 Å². The van der Waals surface area contributed by atoms with E-state index in [-0.39, 0.29) is 11.6 Å². The van der Waals surface area contributed by atoms with Gasteiger partial charge in [0.25, 0.3) is 0 Å². The summed E-state index contributed by atoms with van der Waals surface area (Å²) < 4.78 is 5.67. The van der Waals surface area contributed by atoms with Crippen LogP contribution in [0.1, 0.15) is 47.5 Å². The maximum Gasteiger partial charge on any atom is 0.228 e. The second-order valence-electron chi connectivity index (χ2n) is 6.98. The lowest BCUT2D eigenvalue weighted by Gasteiger charge is -2.29. The van der Waals surface area contributed by atoms with Gasteiger partial charge in [-0.1, -0.05) is 0 Å². The van der Waals surface area contributed by atoms with Crippen molar-refractivity contribution >= 4 is 5.95 Å². The van der Waals surface area contributed by atoms with Crippen molar-refractivity contribution in [3.05, 3.63) is 12.3 Å². The number of aromatic nitrogens is 2. The average Bonchev–Trinajstić information content (AvgIpc) is 2.83. The van der Waals surface area contributed by atoms with Gasteiger partial charge in [-0.3, -0.25) is 0 Å². The fourth-order valence-corrected chi connectivity index (χ4v) is 2.51. The van der Waals surface area contributed by atoms with Crippen LogP contribution in [0.15, 0.2) is 12.3 Å². The zero-order valence-corrected chi connectivity index (χ0v) is 13.9. The summed E-state index contributed by atoms with van der Waals surface area (Å²) in [7, 11) is 0. The molecule has 1 fully saturated rings. The highest BCUT2D eigenvalue weighted by atomic mass is 16.5. The number of anilines is 1. The summed E-state index contributed by atoms with van der Waals surface area (Å²) in [6, 6.07) is 2.28. The second kappa shape index (κ2) is 6.60. The van der Waals surface area contributed by atoms with Crippen LogP contribution in [0, 0.1) is 0 Å². The van der Waals surface area contributed by atoms with Crippen molar-refractivity contribution in [2.24, 2.45) is 0 Å². The van der Waals surface area contributed by atoms with Gasteiger partial charge in [-0.25, -0.2) is 4.98 Å². The standard InChI is InChI=1S/C16H28N4O/c1-12(2)21-14-8-9-17-15(19-14)20-10-6-7-13(20)11-18-16(3,4)5/h8-9,12-13,18H,6-7,10-11H2,1-5H3. The molecular formula is C16H28N4O. The Labute approximate surface area is 128 Å². The lowest BCUT2D eigenvalue weighted by atomic mass is 10.1. The molecule has 2 heterocycles. The average molecular weight is 292 g/mol. The third kappa shape index (κ3) is 4.84. The Morgan fingerprint density at radius 3 is 2.86 bits per heavy atom. The van der Waals surface area contributed by atoms with E-state index in [0.717, 1.165) is 19.0 Å². The third-order valence-corrected chi connectivity index (χ3v) is 3.48. The molecule has 1 unspecified atom stereocenters. The molecule has 0 spiro atoms. The summed E-state index contributed by atoms with van der Waals surface area (Å²) in [5, 5.41) is 3.58. The molecule has 5 nitrogen and oxygen atoms in total.